The van der Waals surface area contributed by atoms with Crippen LogP contribution >= 0.6 is 0 Å². The predicted molar refractivity (Wildman–Crippen MR) is 79.0 cm³/mol. The third-order valence-corrected chi connectivity index (χ3v) is 4.39. The molecular formula is C14H25N5. The Kier molecular flexibility index (Phi) is 4.24. The van der Waals surface area contributed by atoms with Crippen molar-refractivity contribution in [2.24, 2.45) is 11.3 Å². The van der Waals surface area contributed by atoms with Crippen molar-refractivity contribution in [1.29, 1.82) is 0 Å². The Morgan fingerprint density at radius 1 is 1.32 bits per heavy atom. The van der Waals surface area contributed by atoms with E-state index in [9.17, 15) is 0 Å². The fourth-order valence-corrected chi connectivity index (χ4v) is 2.80. The Labute approximate surface area is 115 Å². The van der Waals surface area contributed by atoms with E-state index in [1.165, 1.54) is 25.7 Å². The van der Waals surface area contributed by atoms with Crippen molar-refractivity contribution in [3.63, 3.8) is 0 Å². The number of nitrogens with zero attached hydrogens (tertiary/aromatic N) is 2. The number of anilines is 2. The monoisotopic (exact) mass is 263 g/mol. The molecule has 2 rings (SSSR count). The standard InChI is InChI=1S/C14H25N5/c1-4-14(6-5-7-14)8-16-12-11(10(2)3)13(19-15)18-9-17-12/h9-10H,4-8,15H2,1-3H3,(H2,16,17,18,19). The van der Waals surface area contributed by atoms with Crippen LogP contribution in [0, 0.1) is 5.41 Å². The highest BCUT2D eigenvalue weighted by molar-refractivity contribution is 5.58. The summed E-state index contributed by atoms with van der Waals surface area (Å²) >= 11 is 0. The molecule has 0 unspecified atom stereocenters. The molecule has 0 amide bonds. The molecule has 0 aliphatic heterocycles. The minimum Gasteiger partial charge on any atom is -0.369 e. The number of hydrazine groups is 1. The average Bonchev–Trinajstić information content (AvgIpc) is 2.37. The molecule has 1 aromatic rings. The summed E-state index contributed by atoms with van der Waals surface area (Å²) in [5, 5.41) is 3.52. The SMILES string of the molecule is CCC1(CNc2ncnc(NN)c2C(C)C)CCC1. The molecule has 1 aliphatic rings. The maximum Gasteiger partial charge on any atom is 0.148 e. The van der Waals surface area contributed by atoms with Gasteiger partial charge in [-0.15, -0.1) is 0 Å². The van der Waals surface area contributed by atoms with E-state index >= 15 is 0 Å². The highest BCUT2D eigenvalue weighted by Crippen LogP contribution is 2.44. The lowest BCUT2D eigenvalue weighted by atomic mass is 9.67. The molecule has 0 aromatic carbocycles. The number of hydrogen-bond donors (Lipinski definition) is 3. The summed E-state index contributed by atoms with van der Waals surface area (Å²) in [4.78, 5) is 8.58. The first-order valence-electron chi connectivity index (χ1n) is 7.17. The van der Waals surface area contributed by atoms with Gasteiger partial charge >= 0.3 is 0 Å². The van der Waals surface area contributed by atoms with Gasteiger partial charge in [0.05, 0.1) is 0 Å². The van der Waals surface area contributed by atoms with E-state index < -0.39 is 0 Å². The molecule has 1 heterocycles. The fourth-order valence-electron chi connectivity index (χ4n) is 2.80. The largest absolute Gasteiger partial charge is 0.369 e. The normalized spacial score (nSPS) is 17.1. The molecule has 5 heteroatoms. The molecule has 4 N–H and O–H groups in total. The lowest BCUT2D eigenvalue weighted by molar-refractivity contribution is 0.145. The molecule has 0 radical (unpaired) electrons. The molecule has 1 aliphatic carbocycles. The summed E-state index contributed by atoms with van der Waals surface area (Å²) < 4.78 is 0. The number of rotatable bonds is 6. The van der Waals surface area contributed by atoms with Crippen molar-refractivity contribution >= 4 is 11.6 Å². The summed E-state index contributed by atoms with van der Waals surface area (Å²) in [6.07, 6.45) is 6.78. The first kappa shape index (κ1) is 14.1. The zero-order valence-electron chi connectivity index (χ0n) is 12.2. The van der Waals surface area contributed by atoms with Gasteiger partial charge in [-0.05, 0) is 30.6 Å². The summed E-state index contributed by atoms with van der Waals surface area (Å²) in [7, 11) is 0. The average molecular weight is 263 g/mol. The number of nitrogens with one attached hydrogen (secondary N) is 2. The van der Waals surface area contributed by atoms with Gasteiger partial charge in [0.25, 0.3) is 0 Å². The first-order chi connectivity index (χ1) is 9.12. The third kappa shape index (κ3) is 2.81. The van der Waals surface area contributed by atoms with Gasteiger partial charge in [0, 0.05) is 12.1 Å². The van der Waals surface area contributed by atoms with Crippen molar-refractivity contribution in [2.75, 3.05) is 17.3 Å². The smallest absolute Gasteiger partial charge is 0.148 e. The molecule has 1 fully saturated rings. The highest BCUT2D eigenvalue weighted by atomic mass is 15.3. The van der Waals surface area contributed by atoms with Crippen LogP contribution in [0.5, 0.6) is 0 Å². The topological polar surface area (TPSA) is 75.9 Å². The van der Waals surface area contributed by atoms with Gasteiger partial charge in [0.15, 0.2) is 0 Å². The van der Waals surface area contributed by atoms with Crippen LogP contribution in [0.15, 0.2) is 6.33 Å². The van der Waals surface area contributed by atoms with Crippen molar-refractivity contribution in [2.45, 2.75) is 52.4 Å². The van der Waals surface area contributed by atoms with Crippen molar-refractivity contribution in [1.82, 2.24) is 9.97 Å². The van der Waals surface area contributed by atoms with Crippen LogP contribution in [-0.4, -0.2) is 16.5 Å². The summed E-state index contributed by atoms with van der Waals surface area (Å²) in [6.45, 7) is 7.52. The van der Waals surface area contributed by atoms with Crippen LogP contribution in [0.3, 0.4) is 0 Å². The zero-order chi connectivity index (χ0) is 13.9. The quantitative estimate of drug-likeness (QED) is 0.543. The molecule has 5 nitrogen and oxygen atoms in total. The van der Waals surface area contributed by atoms with Crippen LogP contribution in [0.4, 0.5) is 11.6 Å². The molecule has 1 saturated carbocycles. The van der Waals surface area contributed by atoms with Gasteiger partial charge in [-0.2, -0.15) is 0 Å². The highest BCUT2D eigenvalue weighted by Gasteiger charge is 2.35. The Morgan fingerprint density at radius 2 is 2.00 bits per heavy atom. The maximum atomic E-state index is 5.53. The first-order valence-corrected chi connectivity index (χ1v) is 7.17. The zero-order valence-corrected chi connectivity index (χ0v) is 12.2. The lowest BCUT2D eigenvalue weighted by Crippen LogP contribution is -2.36. The van der Waals surface area contributed by atoms with E-state index in [0.717, 1.165) is 17.9 Å². The van der Waals surface area contributed by atoms with Gasteiger partial charge in [-0.3, -0.25) is 0 Å². The van der Waals surface area contributed by atoms with Gasteiger partial charge < -0.3 is 10.7 Å². The second kappa shape index (κ2) is 5.74. The van der Waals surface area contributed by atoms with E-state index in [4.69, 9.17) is 5.84 Å². The molecule has 106 valence electrons. The van der Waals surface area contributed by atoms with Crippen LogP contribution in [0.2, 0.25) is 0 Å². The van der Waals surface area contributed by atoms with Crippen LogP contribution in [0.1, 0.15) is 57.9 Å². The molecule has 0 spiro atoms. The van der Waals surface area contributed by atoms with Crippen LogP contribution in [-0.2, 0) is 0 Å². The number of hydrogen-bond acceptors (Lipinski definition) is 5. The number of nitrogen functional groups attached to an aromatic ring is 1. The van der Waals surface area contributed by atoms with Crippen molar-refractivity contribution < 1.29 is 0 Å². The maximum absolute atomic E-state index is 5.53. The van der Waals surface area contributed by atoms with E-state index in [-0.39, 0.29) is 0 Å². The predicted octanol–water partition coefficient (Wildman–Crippen LogP) is 2.88. The van der Waals surface area contributed by atoms with Crippen LogP contribution < -0.4 is 16.6 Å². The molecule has 0 atom stereocenters. The number of aromatic nitrogens is 2. The molecule has 19 heavy (non-hydrogen) atoms. The minimum absolute atomic E-state index is 0.328. The van der Waals surface area contributed by atoms with Gasteiger partial charge in [-0.1, -0.05) is 27.2 Å². The van der Waals surface area contributed by atoms with Crippen LogP contribution in [0.25, 0.3) is 0 Å². The van der Waals surface area contributed by atoms with Gasteiger partial charge in [-0.25, -0.2) is 15.8 Å². The van der Waals surface area contributed by atoms with E-state index in [0.29, 0.717) is 17.2 Å². The molecule has 0 saturated heterocycles. The van der Waals surface area contributed by atoms with Crippen molar-refractivity contribution in [3.05, 3.63) is 11.9 Å². The van der Waals surface area contributed by atoms with E-state index in [1.807, 2.05) is 0 Å². The van der Waals surface area contributed by atoms with Gasteiger partial charge in [0.1, 0.15) is 18.0 Å². The Balaban J connectivity index is 2.15. The molecule has 1 aromatic heterocycles. The second-order valence-electron chi connectivity index (χ2n) is 5.84. The second-order valence-corrected chi connectivity index (χ2v) is 5.84. The summed E-state index contributed by atoms with van der Waals surface area (Å²) in [5.41, 5.74) is 4.20. The Hall–Kier alpha value is -1.36. The van der Waals surface area contributed by atoms with E-state index in [1.54, 1.807) is 6.33 Å². The van der Waals surface area contributed by atoms with Gasteiger partial charge in [0.2, 0.25) is 0 Å². The molecule has 0 bridgehead atoms. The molecular weight excluding hydrogens is 238 g/mol. The summed E-state index contributed by atoms with van der Waals surface area (Å²) in [5.74, 6) is 7.49. The minimum atomic E-state index is 0.328. The Morgan fingerprint density at radius 3 is 2.47 bits per heavy atom. The van der Waals surface area contributed by atoms with E-state index in [2.05, 4.69) is 41.5 Å². The van der Waals surface area contributed by atoms with Crippen molar-refractivity contribution in [3.8, 4) is 0 Å². The summed E-state index contributed by atoms with van der Waals surface area (Å²) in [6, 6.07) is 0. The lowest BCUT2D eigenvalue weighted by Gasteiger charge is -2.41. The fraction of sp³-hybridized carbons (Fsp3) is 0.714. The third-order valence-electron chi connectivity index (χ3n) is 4.39. The number of nitrogens with two attached hydrogens (primary N) is 1. The Bertz CT molecular complexity index is 420.